The lowest BCUT2D eigenvalue weighted by molar-refractivity contribution is -0.134. The highest BCUT2D eigenvalue weighted by Crippen LogP contribution is 2.36. The molecule has 1 unspecified atom stereocenters. The number of morpholine rings is 1. The van der Waals surface area contributed by atoms with E-state index >= 15 is 0 Å². The van der Waals surface area contributed by atoms with Gasteiger partial charge in [0.1, 0.15) is 0 Å². The van der Waals surface area contributed by atoms with Gasteiger partial charge in [-0.3, -0.25) is 4.90 Å². The molecule has 0 spiro atoms. The minimum atomic E-state index is -1.26. The molecule has 2 aliphatic rings. The Bertz CT molecular complexity index is 1160. The molecule has 0 aromatic heterocycles. The Kier molecular flexibility index (Phi) is 13.8. The van der Waals surface area contributed by atoms with Crippen molar-refractivity contribution in [2.45, 2.75) is 25.8 Å². The van der Waals surface area contributed by atoms with Crippen molar-refractivity contribution in [2.24, 2.45) is 0 Å². The van der Waals surface area contributed by atoms with Crippen LogP contribution < -0.4 is 4.90 Å². The summed E-state index contributed by atoms with van der Waals surface area (Å²) in [5.74, 6) is -4.52. The van der Waals surface area contributed by atoms with Crippen molar-refractivity contribution < 1.29 is 44.3 Å². The molecule has 1 atom stereocenters. The Morgan fingerprint density at radius 3 is 1.83 bits per heavy atom. The molecule has 11 heteroatoms. The molecule has 2 aliphatic heterocycles. The smallest absolute Gasteiger partial charge is 0.328 e. The lowest BCUT2D eigenvalue weighted by atomic mass is 9.86. The third kappa shape index (κ3) is 12.1. The zero-order chi connectivity index (χ0) is 30.2. The predicted molar refractivity (Wildman–Crippen MR) is 152 cm³/mol. The molecule has 1 saturated heterocycles. The molecule has 11 nitrogen and oxygen atoms in total. The maximum Gasteiger partial charge on any atom is 0.328 e. The van der Waals surface area contributed by atoms with Crippen LogP contribution in [0.4, 0.5) is 5.69 Å². The van der Waals surface area contributed by atoms with E-state index in [9.17, 15) is 19.2 Å². The molecule has 0 saturated carbocycles. The molecule has 0 bridgehead atoms. The number of hydrogen-bond acceptors (Lipinski definition) is 7. The van der Waals surface area contributed by atoms with Gasteiger partial charge in [-0.05, 0) is 48.3 Å². The average molecular weight is 569 g/mol. The van der Waals surface area contributed by atoms with Gasteiger partial charge in [0.05, 0.1) is 13.2 Å². The standard InChI is InChI=1S/C22H28N2O.2C4H4O4/c1-2-23-11-10-22(18-6-4-3-5-7-18)21-9-8-20(16-19(21)17-23)24-12-14-25-15-13-24;2*5-3(6)1-2-4(7)8/h3-9,16,22H,2,10-15,17H2,1H3;2*1-2H,(H,5,6)(H,7,8)/b;2*2-1-. The van der Waals surface area contributed by atoms with Crippen molar-refractivity contribution in [3.05, 3.63) is 89.5 Å². The van der Waals surface area contributed by atoms with Gasteiger partial charge in [0.25, 0.3) is 0 Å². The number of nitrogens with zero attached hydrogens (tertiary/aromatic N) is 2. The Morgan fingerprint density at radius 2 is 1.34 bits per heavy atom. The van der Waals surface area contributed by atoms with Crippen molar-refractivity contribution in [3.8, 4) is 0 Å². The van der Waals surface area contributed by atoms with E-state index in [1.165, 1.54) is 28.8 Å². The number of benzene rings is 2. The fraction of sp³-hybridized carbons (Fsp3) is 0.333. The zero-order valence-electron chi connectivity index (χ0n) is 22.9. The van der Waals surface area contributed by atoms with Crippen molar-refractivity contribution in [2.75, 3.05) is 44.3 Å². The first-order chi connectivity index (χ1) is 19.6. The van der Waals surface area contributed by atoms with Gasteiger partial charge in [-0.25, -0.2) is 19.2 Å². The minimum Gasteiger partial charge on any atom is -0.478 e. The molecule has 2 heterocycles. The molecule has 4 rings (SSSR count). The summed E-state index contributed by atoms with van der Waals surface area (Å²) in [6, 6.07) is 18.2. The Balaban J connectivity index is 0.000000304. The van der Waals surface area contributed by atoms with Gasteiger partial charge in [0, 0.05) is 55.5 Å². The highest BCUT2D eigenvalue weighted by Gasteiger charge is 2.24. The fourth-order valence-electron chi connectivity index (χ4n) is 4.46. The van der Waals surface area contributed by atoms with Crippen LogP contribution in [0.15, 0.2) is 72.8 Å². The van der Waals surface area contributed by atoms with Crippen LogP contribution in [0.25, 0.3) is 0 Å². The largest absolute Gasteiger partial charge is 0.478 e. The molecule has 2 aromatic rings. The average Bonchev–Trinajstić information content (AvgIpc) is 3.15. The second kappa shape index (κ2) is 17.3. The molecular formula is C30H36N2O9. The number of carboxylic acid groups (broad SMARTS) is 4. The van der Waals surface area contributed by atoms with E-state index in [-0.39, 0.29) is 0 Å². The van der Waals surface area contributed by atoms with Gasteiger partial charge in [-0.1, -0.05) is 43.3 Å². The van der Waals surface area contributed by atoms with Crippen LogP contribution in [0, 0.1) is 0 Å². The number of carbonyl (C=O) groups is 4. The number of fused-ring (bicyclic) bond motifs is 1. The highest BCUT2D eigenvalue weighted by molar-refractivity contribution is 5.90. The second-order valence-electron chi connectivity index (χ2n) is 9.12. The summed E-state index contributed by atoms with van der Waals surface area (Å²) in [6.07, 6.45) is 3.43. The van der Waals surface area contributed by atoms with E-state index < -0.39 is 23.9 Å². The first-order valence-corrected chi connectivity index (χ1v) is 13.1. The van der Waals surface area contributed by atoms with Crippen LogP contribution >= 0.6 is 0 Å². The van der Waals surface area contributed by atoms with Gasteiger partial charge < -0.3 is 30.1 Å². The van der Waals surface area contributed by atoms with Gasteiger partial charge in [0.15, 0.2) is 0 Å². The number of anilines is 1. The Labute approximate surface area is 238 Å². The third-order valence-corrected chi connectivity index (χ3v) is 6.39. The minimum absolute atomic E-state index is 0.506. The maximum absolute atomic E-state index is 9.55. The van der Waals surface area contributed by atoms with Crippen LogP contribution in [0.1, 0.15) is 36.0 Å². The Morgan fingerprint density at radius 1 is 0.805 bits per heavy atom. The van der Waals surface area contributed by atoms with E-state index in [0.29, 0.717) is 30.2 Å². The van der Waals surface area contributed by atoms with Gasteiger partial charge in [-0.15, -0.1) is 0 Å². The van der Waals surface area contributed by atoms with E-state index in [0.717, 1.165) is 45.9 Å². The van der Waals surface area contributed by atoms with Crippen LogP contribution in [0.3, 0.4) is 0 Å². The predicted octanol–water partition coefficient (Wildman–Crippen LogP) is 3.30. The lowest BCUT2D eigenvalue weighted by Gasteiger charge is -2.30. The molecule has 4 N–H and O–H groups in total. The summed E-state index contributed by atoms with van der Waals surface area (Å²) in [5, 5.41) is 31.2. The molecule has 2 aromatic carbocycles. The molecule has 0 radical (unpaired) electrons. The van der Waals surface area contributed by atoms with E-state index in [2.05, 4.69) is 65.3 Å². The van der Waals surface area contributed by atoms with E-state index in [1.807, 2.05) is 0 Å². The molecule has 0 aliphatic carbocycles. The summed E-state index contributed by atoms with van der Waals surface area (Å²) in [5.41, 5.74) is 5.81. The van der Waals surface area contributed by atoms with Crippen LogP contribution in [-0.4, -0.2) is 88.6 Å². The lowest BCUT2D eigenvalue weighted by Crippen LogP contribution is -2.36. The Hall–Kier alpha value is -4.48. The third-order valence-electron chi connectivity index (χ3n) is 6.39. The quantitative estimate of drug-likeness (QED) is 0.362. The van der Waals surface area contributed by atoms with Crippen LogP contribution in [-0.2, 0) is 30.5 Å². The first-order valence-electron chi connectivity index (χ1n) is 13.1. The summed E-state index contributed by atoms with van der Waals surface area (Å²) in [4.78, 5) is 43.2. The summed E-state index contributed by atoms with van der Waals surface area (Å²) in [7, 11) is 0. The molecule has 1 fully saturated rings. The number of hydrogen-bond donors (Lipinski definition) is 4. The number of ether oxygens (including phenoxy) is 1. The molecule has 0 amide bonds. The summed E-state index contributed by atoms with van der Waals surface area (Å²) >= 11 is 0. The normalized spacial score (nSPS) is 16.9. The highest BCUT2D eigenvalue weighted by atomic mass is 16.5. The first kappa shape index (κ1) is 32.7. The SMILES string of the molecule is CCN1CCC(c2ccccc2)c2ccc(N3CCOCC3)cc2C1.O=C(O)/C=C\C(=O)O.O=C(O)/C=C\C(=O)O. The van der Waals surface area contributed by atoms with Gasteiger partial charge in [0.2, 0.25) is 0 Å². The second-order valence-corrected chi connectivity index (χ2v) is 9.12. The molecule has 41 heavy (non-hydrogen) atoms. The summed E-state index contributed by atoms with van der Waals surface area (Å²) in [6.45, 7) is 9.29. The number of aliphatic carboxylic acids is 4. The molecular weight excluding hydrogens is 532 g/mol. The topological polar surface area (TPSA) is 165 Å². The fourth-order valence-corrected chi connectivity index (χ4v) is 4.46. The van der Waals surface area contributed by atoms with Gasteiger partial charge in [-0.2, -0.15) is 0 Å². The van der Waals surface area contributed by atoms with E-state index in [4.69, 9.17) is 25.2 Å². The van der Waals surface area contributed by atoms with E-state index in [1.54, 1.807) is 0 Å². The monoisotopic (exact) mass is 568 g/mol. The van der Waals surface area contributed by atoms with Crippen molar-refractivity contribution in [3.63, 3.8) is 0 Å². The van der Waals surface area contributed by atoms with Gasteiger partial charge >= 0.3 is 23.9 Å². The van der Waals surface area contributed by atoms with Crippen LogP contribution in [0.5, 0.6) is 0 Å². The zero-order valence-corrected chi connectivity index (χ0v) is 22.9. The maximum atomic E-state index is 9.55. The van der Waals surface area contributed by atoms with Crippen molar-refractivity contribution >= 4 is 29.6 Å². The van der Waals surface area contributed by atoms with Crippen molar-refractivity contribution in [1.29, 1.82) is 0 Å². The molecule has 220 valence electrons. The summed E-state index contributed by atoms with van der Waals surface area (Å²) < 4.78 is 5.51. The number of carboxylic acids is 4. The van der Waals surface area contributed by atoms with Crippen LogP contribution in [0.2, 0.25) is 0 Å². The number of rotatable bonds is 7. The van der Waals surface area contributed by atoms with Crippen molar-refractivity contribution in [1.82, 2.24) is 4.90 Å².